The Balaban J connectivity index is 1.97. The molecule has 0 amide bonds. The van der Waals surface area contributed by atoms with Gasteiger partial charge in [-0.15, -0.1) is 5.10 Å². The van der Waals surface area contributed by atoms with Crippen molar-refractivity contribution in [2.75, 3.05) is 19.1 Å². The monoisotopic (exact) mass is 370 g/mol. The Hall–Kier alpha value is -3.23. The molecule has 9 heteroatoms. The van der Waals surface area contributed by atoms with E-state index in [0.717, 1.165) is 17.8 Å². The van der Waals surface area contributed by atoms with Crippen LogP contribution >= 0.6 is 0 Å². The Bertz CT molecular complexity index is 904. The number of methoxy groups -OCH3 is 1. The highest BCUT2D eigenvalue weighted by Crippen LogP contribution is 2.31. The molecule has 2 aromatic rings. The van der Waals surface area contributed by atoms with E-state index in [-0.39, 0.29) is 0 Å². The molecule has 1 aliphatic heterocycles. The van der Waals surface area contributed by atoms with Gasteiger partial charge >= 0.3 is 5.97 Å². The summed E-state index contributed by atoms with van der Waals surface area (Å²) < 4.78 is 7.08. The number of carboxylic acid groups (broad SMARTS) is 1. The number of fused-ring (bicyclic) bond motifs is 1. The number of aromatic nitrogens is 4. The van der Waals surface area contributed by atoms with Gasteiger partial charge in [-0.05, 0) is 38.6 Å². The highest BCUT2D eigenvalue weighted by atomic mass is 16.5. The molecule has 142 valence electrons. The van der Waals surface area contributed by atoms with Gasteiger partial charge in [0.25, 0.3) is 0 Å². The number of aliphatic carboxylic acids is 1. The fourth-order valence-electron chi connectivity index (χ4n) is 3.06. The summed E-state index contributed by atoms with van der Waals surface area (Å²) in [7, 11) is 3.40. The predicted octanol–water partition coefficient (Wildman–Crippen LogP) is 2.31. The standard InChI is InChI=1S/C18H22N6O3/c1-11(19-2)10-23(3)14-8-7-13(20-17(14)27-4)15-21-16-12(18(25)26)6-5-9-24(16)22-15/h7-8,10,12H,2,5-6,9H2,1,3-4H3,(H,25,26). The lowest BCUT2D eigenvalue weighted by Gasteiger charge is -2.17. The number of hydrogen-bond acceptors (Lipinski definition) is 7. The number of nitrogens with zero attached hydrogens (tertiary/aromatic N) is 6. The first-order valence-electron chi connectivity index (χ1n) is 8.55. The van der Waals surface area contributed by atoms with Crippen molar-refractivity contribution in [1.82, 2.24) is 19.7 Å². The summed E-state index contributed by atoms with van der Waals surface area (Å²) >= 11 is 0. The molecule has 3 heterocycles. The van der Waals surface area contributed by atoms with Gasteiger partial charge in [-0.3, -0.25) is 9.79 Å². The molecule has 0 saturated carbocycles. The molecule has 9 nitrogen and oxygen atoms in total. The number of pyridine rings is 1. The van der Waals surface area contributed by atoms with Crippen LogP contribution in [0.1, 0.15) is 31.5 Å². The summed E-state index contributed by atoms with van der Waals surface area (Å²) in [6, 6.07) is 3.64. The molecular formula is C18H22N6O3. The second-order valence-corrected chi connectivity index (χ2v) is 6.31. The van der Waals surface area contributed by atoms with Gasteiger partial charge in [0.05, 0.1) is 12.8 Å². The topological polar surface area (TPSA) is 106 Å². The number of carboxylic acids is 1. The molecule has 3 rings (SSSR count). The minimum Gasteiger partial charge on any atom is -0.481 e. The van der Waals surface area contributed by atoms with Crippen LogP contribution in [0.2, 0.25) is 0 Å². The molecule has 0 aromatic carbocycles. The third-order valence-corrected chi connectivity index (χ3v) is 4.45. The van der Waals surface area contributed by atoms with E-state index in [1.54, 1.807) is 10.7 Å². The van der Waals surface area contributed by atoms with E-state index in [0.29, 0.717) is 36.2 Å². The Labute approximate surface area is 157 Å². The number of rotatable bonds is 6. The van der Waals surface area contributed by atoms with Crippen molar-refractivity contribution < 1.29 is 14.6 Å². The molecule has 2 aromatic heterocycles. The average Bonchev–Trinajstić information content (AvgIpc) is 3.11. The van der Waals surface area contributed by atoms with Crippen LogP contribution in [-0.2, 0) is 11.3 Å². The van der Waals surface area contributed by atoms with Crippen molar-refractivity contribution in [3.05, 3.63) is 29.9 Å². The van der Waals surface area contributed by atoms with Gasteiger partial charge < -0.3 is 14.7 Å². The fraction of sp³-hybridized carbons (Fsp3) is 0.389. The second kappa shape index (κ2) is 7.56. The molecule has 0 saturated heterocycles. The average molecular weight is 370 g/mol. The second-order valence-electron chi connectivity index (χ2n) is 6.31. The molecule has 0 spiro atoms. The minimum atomic E-state index is -0.879. The maximum Gasteiger partial charge on any atom is 0.314 e. The summed E-state index contributed by atoms with van der Waals surface area (Å²) in [6.45, 7) is 6.00. The zero-order valence-corrected chi connectivity index (χ0v) is 15.6. The number of carbonyl (C=O) groups is 1. The molecule has 1 atom stereocenters. The summed E-state index contributed by atoms with van der Waals surface area (Å²) in [6.07, 6.45) is 3.14. The van der Waals surface area contributed by atoms with E-state index in [1.807, 2.05) is 31.1 Å². The Morgan fingerprint density at radius 3 is 2.93 bits per heavy atom. The van der Waals surface area contributed by atoms with Crippen molar-refractivity contribution in [2.24, 2.45) is 4.99 Å². The Morgan fingerprint density at radius 1 is 1.48 bits per heavy atom. The van der Waals surface area contributed by atoms with Gasteiger partial charge in [-0.1, -0.05) is 0 Å². The van der Waals surface area contributed by atoms with Crippen LogP contribution in [0.5, 0.6) is 5.88 Å². The van der Waals surface area contributed by atoms with E-state index < -0.39 is 11.9 Å². The quantitative estimate of drug-likeness (QED) is 0.778. The van der Waals surface area contributed by atoms with Crippen molar-refractivity contribution >= 4 is 18.4 Å². The Kier molecular flexibility index (Phi) is 5.20. The number of allylic oxidation sites excluding steroid dienone is 1. The van der Waals surface area contributed by atoms with E-state index in [1.165, 1.54) is 7.11 Å². The van der Waals surface area contributed by atoms with E-state index in [2.05, 4.69) is 26.8 Å². The number of aryl methyl sites for hydroxylation is 1. The zero-order chi connectivity index (χ0) is 19.6. The van der Waals surface area contributed by atoms with Gasteiger partial charge in [0, 0.05) is 19.8 Å². The summed E-state index contributed by atoms with van der Waals surface area (Å²) in [5.74, 6) is -0.237. The minimum absolute atomic E-state index is 0.394. The van der Waals surface area contributed by atoms with Crippen molar-refractivity contribution in [2.45, 2.75) is 32.2 Å². The fourth-order valence-corrected chi connectivity index (χ4v) is 3.06. The van der Waals surface area contributed by atoms with Crippen LogP contribution in [0.25, 0.3) is 11.5 Å². The molecule has 0 aliphatic carbocycles. The van der Waals surface area contributed by atoms with Crippen molar-refractivity contribution in [3.8, 4) is 17.4 Å². The predicted molar refractivity (Wildman–Crippen MR) is 101 cm³/mol. The summed E-state index contributed by atoms with van der Waals surface area (Å²) in [5.41, 5.74) is 2.03. The first-order valence-corrected chi connectivity index (χ1v) is 8.55. The third-order valence-electron chi connectivity index (χ3n) is 4.45. The molecule has 0 bridgehead atoms. The lowest BCUT2D eigenvalue weighted by molar-refractivity contribution is -0.139. The first-order chi connectivity index (χ1) is 12.9. The van der Waals surface area contributed by atoms with Crippen molar-refractivity contribution in [3.63, 3.8) is 0 Å². The van der Waals surface area contributed by atoms with Crippen LogP contribution in [0.4, 0.5) is 5.69 Å². The zero-order valence-electron chi connectivity index (χ0n) is 15.6. The lowest BCUT2D eigenvalue weighted by Crippen LogP contribution is -2.22. The van der Waals surface area contributed by atoms with Gasteiger partial charge in [0.1, 0.15) is 23.1 Å². The highest BCUT2D eigenvalue weighted by Gasteiger charge is 2.30. The van der Waals surface area contributed by atoms with E-state index in [4.69, 9.17) is 4.74 Å². The van der Waals surface area contributed by atoms with Gasteiger partial charge in [0.15, 0.2) is 5.82 Å². The summed E-state index contributed by atoms with van der Waals surface area (Å²) in [5, 5.41) is 13.8. The van der Waals surface area contributed by atoms with Gasteiger partial charge in [-0.2, -0.15) is 0 Å². The number of aliphatic imine (C=N–C) groups is 1. The molecule has 27 heavy (non-hydrogen) atoms. The lowest BCUT2D eigenvalue weighted by atomic mass is 10.00. The van der Waals surface area contributed by atoms with E-state index in [9.17, 15) is 9.90 Å². The molecular weight excluding hydrogens is 348 g/mol. The van der Waals surface area contributed by atoms with E-state index >= 15 is 0 Å². The molecule has 1 aliphatic rings. The SMILES string of the molecule is C=NC(C)=CN(C)c1ccc(-c2nc3n(n2)CCCC3C(=O)O)nc1OC. The smallest absolute Gasteiger partial charge is 0.314 e. The Morgan fingerprint density at radius 2 is 2.26 bits per heavy atom. The maximum absolute atomic E-state index is 11.5. The van der Waals surface area contributed by atoms with Crippen LogP contribution in [0, 0.1) is 0 Å². The largest absolute Gasteiger partial charge is 0.481 e. The van der Waals surface area contributed by atoms with Crippen LogP contribution in [0.3, 0.4) is 0 Å². The van der Waals surface area contributed by atoms with Crippen LogP contribution in [-0.4, -0.2) is 51.7 Å². The number of anilines is 1. The first kappa shape index (κ1) is 18.6. The van der Waals surface area contributed by atoms with Crippen molar-refractivity contribution in [1.29, 1.82) is 0 Å². The molecule has 1 N–H and O–H groups in total. The molecule has 1 unspecified atom stereocenters. The number of hydrogen-bond donors (Lipinski definition) is 1. The third kappa shape index (κ3) is 3.67. The molecule has 0 radical (unpaired) electrons. The maximum atomic E-state index is 11.5. The van der Waals surface area contributed by atoms with Crippen LogP contribution in [0.15, 0.2) is 29.0 Å². The molecule has 0 fully saturated rings. The van der Waals surface area contributed by atoms with Gasteiger partial charge in [0.2, 0.25) is 5.88 Å². The summed E-state index contributed by atoms with van der Waals surface area (Å²) in [4.78, 5) is 26.1. The van der Waals surface area contributed by atoms with Crippen LogP contribution < -0.4 is 9.64 Å². The number of ether oxygens (including phenoxy) is 1. The van der Waals surface area contributed by atoms with Gasteiger partial charge in [-0.25, -0.2) is 14.6 Å². The highest BCUT2D eigenvalue weighted by molar-refractivity contribution is 5.75. The normalized spacial score (nSPS) is 16.6.